The predicted octanol–water partition coefficient (Wildman–Crippen LogP) is 3.51. The predicted molar refractivity (Wildman–Crippen MR) is 93.7 cm³/mol. The van der Waals surface area contributed by atoms with Gasteiger partial charge in [0.15, 0.2) is 11.8 Å². The Labute approximate surface area is 146 Å². The number of halogens is 1. The lowest BCUT2D eigenvalue weighted by Gasteiger charge is -2.13. The minimum atomic E-state index is -0.948. The molecule has 0 aliphatic heterocycles. The first kappa shape index (κ1) is 16.2. The summed E-state index contributed by atoms with van der Waals surface area (Å²) in [5.74, 6) is -1.06. The van der Waals surface area contributed by atoms with E-state index in [-0.39, 0.29) is 5.69 Å². The van der Waals surface area contributed by atoms with E-state index in [4.69, 9.17) is 4.74 Å². The third kappa shape index (κ3) is 3.46. The highest BCUT2D eigenvalue weighted by Gasteiger charge is 2.22. The van der Waals surface area contributed by atoms with Crippen molar-refractivity contribution in [1.82, 2.24) is 10.2 Å². The zero-order valence-corrected chi connectivity index (χ0v) is 14.3. The summed E-state index contributed by atoms with van der Waals surface area (Å²) in [5.41, 5.74) is 1.52. The van der Waals surface area contributed by atoms with Gasteiger partial charge in [0.2, 0.25) is 0 Å². The molecule has 0 bridgehead atoms. The molecule has 0 radical (unpaired) electrons. The number of aromatic nitrogens is 2. The number of hydrogen-bond donors (Lipinski definition) is 2. The van der Waals surface area contributed by atoms with Gasteiger partial charge in [0.1, 0.15) is 0 Å². The summed E-state index contributed by atoms with van der Waals surface area (Å²) in [7, 11) is 0. The van der Waals surface area contributed by atoms with E-state index in [0.717, 1.165) is 9.99 Å². The van der Waals surface area contributed by atoms with Gasteiger partial charge in [-0.2, -0.15) is 5.10 Å². The van der Waals surface area contributed by atoms with Gasteiger partial charge in [0.05, 0.1) is 5.52 Å². The van der Waals surface area contributed by atoms with Crippen molar-refractivity contribution in [1.29, 1.82) is 0 Å². The fourth-order valence-corrected chi connectivity index (χ4v) is 2.43. The highest BCUT2D eigenvalue weighted by Crippen LogP contribution is 2.17. The molecule has 3 aromatic rings. The van der Waals surface area contributed by atoms with Gasteiger partial charge in [-0.1, -0.05) is 34.1 Å². The van der Waals surface area contributed by atoms with Crippen molar-refractivity contribution in [2.24, 2.45) is 0 Å². The number of fused-ring (bicyclic) bond motifs is 1. The zero-order valence-electron chi connectivity index (χ0n) is 12.7. The van der Waals surface area contributed by atoms with E-state index in [0.29, 0.717) is 11.1 Å². The molecule has 24 heavy (non-hydrogen) atoms. The SMILES string of the molecule is C[C@@H](OC(=O)c1n[nH]c2ccccc12)C(=O)Nc1ccc(Br)cc1. The Bertz CT molecular complexity index is 889. The number of carbonyl (C=O) groups excluding carboxylic acids is 2. The molecular formula is C17H14BrN3O3. The number of nitrogens with zero attached hydrogens (tertiary/aromatic N) is 1. The summed E-state index contributed by atoms with van der Waals surface area (Å²) in [6, 6.07) is 14.3. The number of amides is 1. The monoisotopic (exact) mass is 387 g/mol. The maximum Gasteiger partial charge on any atom is 0.360 e. The second kappa shape index (κ2) is 6.84. The van der Waals surface area contributed by atoms with Gasteiger partial charge in [-0.3, -0.25) is 9.89 Å². The lowest BCUT2D eigenvalue weighted by Crippen LogP contribution is -2.30. The minimum Gasteiger partial charge on any atom is -0.448 e. The first-order chi connectivity index (χ1) is 11.5. The molecule has 7 heteroatoms. The van der Waals surface area contributed by atoms with Gasteiger partial charge in [-0.25, -0.2) is 4.79 Å². The number of hydrogen-bond acceptors (Lipinski definition) is 4. The Hall–Kier alpha value is -2.67. The topological polar surface area (TPSA) is 84.1 Å². The van der Waals surface area contributed by atoms with Crippen molar-refractivity contribution in [2.75, 3.05) is 5.32 Å². The van der Waals surface area contributed by atoms with Crippen molar-refractivity contribution in [2.45, 2.75) is 13.0 Å². The highest BCUT2D eigenvalue weighted by atomic mass is 79.9. The third-order valence-corrected chi connectivity index (χ3v) is 3.96. The van der Waals surface area contributed by atoms with E-state index in [2.05, 4.69) is 31.4 Å². The van der Waals surface area contributed by atoms with Gasteiger partial charge in [0, 0.05) is 15.5 Å². The largest absolute Gasteiger partial charge is 0.448 e. The van der Waals surface area contributed by atoms with Crippen molar-refractivity contribution < 1.29 is 14.3 Å². The quantitative estimate of drug-likeness (QED) is 0.670. The summed E-state index contributed by atoms with van der Waals surface area (Å²) in [6.07, 6.45) is -0.948. The van der Waals surface area contributed by atoms with E-state index in [1.165, 1.54) is 6.92 Å². The van der Waals surface area contributed by atoms with Crippen LogP contribution in [0, 0.1) is 0 Å². The average Bonchev–Trinajstić information content (AvgIpc) is 3.01. The van der Waals surface area contributed by atoms with Crippen molar-refractivity contribution in [3.05, 3.63) is 58.7 Å². The molecule has 0 spiro atoms. The fourth-order valence-electron chi connectivity index (χ4n) is 2.17. The third-order valence-electron chi connectivity index (χ3n) is 3.43. The molecule has 1 amide bonds. The molecule has 1 atom stereocenters. The highest BCUT2D eigenvalue weighted by molar-refractivity contribution is 9.10. The molecule has 0 aliphatic carbocycles. The van der Waals surface area contributed by atoms with Crippen LogP contribution < -0.4 is 5.32 Å². The minimum absolute atomic E-state index is 0.161. The standard InChI is InChI=1S/C17H14BrN3O3/c1-10(16(22)19-12-8-6-11(18)7-9-12)24-17(23)15-13-4-2-3-5-14(13)20-21-15/h2-10H,1H3,(H,19,22)(H,20,21)/t10-/m1/s1. The van der Waals surface area contributed by atoms with Crippen LogP contribution in [-0.4, -0.2) is 28.2 Å². The summed E-state index contributed by atoms with van der Waals surface area (Å²) >= 11 is 3.32. The van der Waals surface area contributed by atoms with Crippen LogP contribution in [0.3, 0.4) is 0 Å². The molecule has 0 aliphatic rings. The van der Waals surface area contributed by atoms with E-state index < -0.39 is 18.0 Å². The van der Waals surface area contributed by atoms with Crippen molar-refractivity contribution in [3.8, 4) is 0 Å². The van der Waals surface area contributed by atoms with Gasteiger partial charge in [0.25, 0.3) is 5.91 Å². The van der Waals surface area contributed by atoms with Crippen LogP contribution in [0.15, 0.2) is 53.0 Å². The maximum atomic E-state index is 12.2. The maximum absolute atomic E-state index is 12.2. The van der Waals surface area contributed by atoms with Crippen LogP contribution in [0.4, 0.5) is 5.69 Å². The van der Waals surface area contributed by atoms with Crippen LogP contribution in [0.1, 0.15) is 17.4 Å². The van der Waals surface area contributed by atoms with Crippen LogP contribution in [0.5, 0.6) is 0 Å². The lowest BCUT2D eigenvalue weighted by atomic mass is 10.2. The number of carbonyl (C=O) groups is 2. The van der Waals surface area contributed by atoms with Gasteiger partial charge >= 0.3 is 5.97 Å². The van der Waals surface area contributed by atoms with Crippen molar-refractivity contribution in [3.63, 3.8) is 0 Å². The number of rotatable bonds is 4. The molecule has 1 heterocycles. The van der Waals surface area contributed by atoms with E-state index in [1.807, 2.05) is 24.3 Å². The van der Waals surface area contributed by atoms with Gasteiger partial charge in [-0.15, -0.1) is 0 Å². The number of ether oxygens (including phenoxy) is 1. The van der Waals surface area contributed by atoms with Crippen LogP contribution >= 0.6 is 15.9 Å². The number of nitrogens with one attached hydrogen (secondary N) is 2. The Balaban J connectivity index is 1.67. The molecule has 122 valence electrons. The Morgan fingerprint density at radius 1 is 1.17 bits per heavy atom. The fraction of sp³-hybridized carbons (Fsp3) is 0.118. The molecular weight excluding hydrogens is 374 g/mol. The van der Waals surface area contributed by atoms with Gasteiger partial charge < -0.3 is 10.1 Å². The molecule has 0 fully saturated rings. The van der Waals surface area contributed by atoms with Crippen LogP contribution in [-0.2, 0) is 9.53 Å². The number of H-pyrrole nitrogens is 1. The molecule has 3 rings (SSSR count). The second-order valence-corrected chi connectivity index (χ2v) is 6.08. The Morgan fingerprint density at radius 2 is 1.88 bits per heavy atom. The molecule has 0 saturated heterocycles. The van der Waals surface area contributed by atoms with Crippen molar-refractivity contribution >= 4 is 44.4 Å². The molecule has 1 aromatic heterocycles. The molecule has 6 nitrogen and oxygen atoms in total. The van der Waals surface area contributed by atoms with Gasteiger partial charge in [-0.05, 0) is 37.3 Å². The van der Waals surface area contributed by atoms with Crippen LogP contribution in [0.2, 0.25) is 0 Å². The molecule has 0 saturated carbocycles. The first-order valence-electron chi connectivity index (χ1n) is 7.25. The van der Waals surface area contributed by atoms with Crippen LogP contribution in [0.25, 0.3) is 10.9 Å². The smallest absolute Gasteiger partial charge is 0.360 e. The first-order valence-corrected chi connectivity index (χ1v) is 8.04. The summed E-state index contributed by atoms with van der Waals surface area (Å²) in [5, 5.41) is 10.1. The van der Waals surface area contributed by atoms with E-state index in [1.54, 1.807) is 24.3 Å². The summed E-state index contributed by atoms with van der Waals surface area (Å²) in [4.78, 5) is 24.4. The molecule has 2 aromatic carbocycles. The summed E-state index contributed by atoms with van der Waals surface area (Å²) in [6.45, 7) is 1.51. The number of benzene rings is 2. The number of aromatic amines is 1. The Kier molecular flexibility index (Phi) is 4.61. The normalized spacial score (nSPS) is 11.9. The Morgan fingerprint density at radius 3 is 2.62 bits per heavy atom. The number of anilines is 1. The molecule has 2 N–H and O–H groups in total. The lowest BCUT2D eigenvalue weighted by molar-refractivity contribution is -0.123. The summed E-state index contributed by atoms with van der Waals surface area (Å²) < 4.78 is 6.13. The number of para-hydroxylation sites is 1. The molecule has 0 unspecified atom stereocenters. The second-order valence-electron chi connectivity index (χ2n) is 5.16. The van der Waals surface area contributed by atoms with E-state index >= 15 is 0 Å². The zero-order chi connectivity index (χ0) is 17.1. The average molecular weight is 388 g/mol. The van der Waals surface area contributed by atoms with E-state index in [9.17, 15) is 9.59 Å². The number of esters is 1.